The van der Waals surface area contributed by atoms with Crippen LogP contribution in [-0.2, 0) is 26.5 Å². The highest BCUT2D eigenvalue weighted by Gasteiger charge is 2.40. The van der Waals surface area contributed by atoms with Gasteiger partial charge in [0.2, 0.25) is 5.91 Å². The Bertz CT molecular complexity index is 1380. The summed E-state index contributed by atoms with van der Waals surface area (Å²) in [6.07, 6.45) is 1.75. The van der Waals surface area contributed by atoms with Crippen LogP contribution in [0.2, 0.25) is 10.0 Å². The fourth-order valence-electron chi connectivity index (χ4n) is 5.04. The Morgan fingerprint density at radius 1 is 1.05 bits per heavy atom. The Morgan fingerprint density at radius 3 is 2.57 bits per heavy atom. The molecule has 42 heavy (non-hydrogen) atoms. The molecule has 1 amide bonds. The molecule has 2 atom stereocenters. The first kappa shape index (κ1) is 30.2. The van der Waals surface area contributed by atoms with Crippen molar-refractivity contribution in [1.29, 1.82) is 0 Å². The lowest BCUT2D eigenvalue weighted by atomic mass is 10.1. The van der Waals surface area contributed by atoms with Gasteiger partial charge in [0.1, 0.15) is 30.8 Å². The van der Waals surface area contributed by atoms with E-state index in [1.165, 1.54) is 0 Å². The summed E-state index contributed by atoms with van der Waals surface area (Å²) in [5, 5.41) is 3.04. The molecule has 0 aromatic heterocycles. The van der Waals surface area contributed by atoms with Crippen LogP contribution in [0.3, 0.4) is 0 Å². The Kier molecular flexibility index (Phi) is 9.92. The molecule has 1 N–H and O–H groups in total. The van der Waals surface area contributed by atoms with E-state index in [4.69, 9.17) is 42.1 Å². The molecule has 5 rings (SSSR count). The third kappa shape index (κ3) is 7.76. The van der Waals surface area contributed by atoms with E-state index < -0.39 is 5.79 Å². The van der Waals surface area contributed by atoms with Gasteiger partial charge in [-0.2, -0.15) is 0 Å². The zero-order valence-electron chi connectivity index (χ0n) is 23.6. The predicted molar refractivity (Wildman–Crippen MR) is 164 cm³/mol. The van der Waals surface area contributed by atoms with E-state index in [2.05, 4.69) is 29.0 Å². The molecule has 2 aliphatic heterocycles. The number of benzene rings is 3. The van der Waals surface area contributed by atoms with Crippen LogP contribution in [0.5, 0.6) is 11.5 Å². The first-order chi connectivity index (χ1) is 20.3. The molecule has 222 valence electrons. The molecule has 0 aliphatic carbocycles. The lowest BCUT2D eigenvalue weighted by Crippen LogP contribution is -2.54. The third-order valence-electron chi connectivity index (χ3n) is 7.19. The summed E-state index contributed by atoms with van der Waals surface area (Å²) in [7, 11) is 0. The van der Waals surface area contributed by atoms with Crippen LogP contribution in [0, 0.1) is 0 Å². The quantitative estimate of drug-likeness (QED) is 0.282. The van der Waals surface area contributed by atoms with E-state index in [0.717, 1.165) is 54.5 Å². The van der Waals surface area contributed by atoms with E-state index in [1.807, 2.05) is 54.4 Å². The summed E-state index contributed by atoms with van der Waals surface area (Å²) >= 11 is 12.4. The van der Waals surface area contributed by atoms with Crippen molar-refractivity contribution in [2.24, 2.45) is 0 Å². The Morgan fingerprint density at radius 2 is 1.83 bits per heavy atom. The average Bonchev–Trinajstić information content (AvgIpc) is 3.37. The summed E-state index contributed by atoms with van der Waals surface area (Å²) in [6, 6.07) is 20.9. The third-order valence-corrected chi connectivity index (χ3v) is 7.74. The highest BCUT2D eigenvalue weighted by molar-refractivity contribution is 6.35. The number of piperazine rings is 1. The van der Waals surface area contributed by atoms with Crippen molar-refractivity contribution in [2.75, 3.05) is 50.9 Å². The van der Waals surface area contributed by atoms with Crippen molar-refractivity contribution in [3.8, 4) is 11.5 Å². The fraction of sp³-hybridized carbons (Fsp3) is 0.344. The number of carbonyl (C=O) groups excluding carboxylic acids is 1. The maximum Gasteiger partial charge on any atom is 0.238 e. The minimum Gasteiger partial charge on any atom is -0.491 e. The van der Waals surface area contributed by atoms with Crippen molar-refractivity contribution in [2.45, 2.75) is 25.2 Å². The zero-order valence-corrected chi connectivity index (χ0v) is 25.1. The number of rotatable bonds is 11. The zero-order chi connectivity index (χ0) is 29.5. The van der Waals surface area contributed by atoms with Crippen molar-refractivity contribution in [1.82, 2.24) is 10.4 Å². The van der Waals surface area contributed by atoms with Gasteiger partial charge >= 0.3 is 0 Å². The van der Waals surface area contributed by atoms with Gasteiger partial charge in [0.25, 0.3) is 0 Å². The molecule has 10 heteroatoms. The molecule has 2 aliphatic rings. The molecule has 0 unspecified atom stereocenters. The normalized spacial score (nSPS) is 20.7. The summed E-state index contributed by atoms with van der Waals surface area (Å²) in [5.74, 6) is 0.491. The lowest BCUT2D eigenvalue weighted by Gasteiger charge is -2.36. The number of ether oxygens (including phenoxy) is 4. The molecule has 0 bridgehead atoms. The van der Waals surface area contributed by atoms with Crippen LogP contribution < -0.4 is 19.8 Å². The molecular weight excluding hydrogens is 577 g/mol. The second-order valence-electron chi connectivity index (χ2n) is 10.4. The number of halogens is 2. The first-order valence-corrected chi connectivity index (χ1v) is 14.7. The minimum absolute atomic E-state index is 0.0426. The molecule has 0 spiro atoms. The molecule has 0 saturated carbocycles. The molecule has 2 heterocycles. The van der Waals surface area contributed by atoms with Crippen molar-refractivity contribution < 1.29 is 23.7 Å². The number of hydrazine groups is 1. The summed E-state index contributed by atoms with van der Waals surface area (Å²) in [6.45, 7) is 9.73. The fourth-order valence-corrected chi connectivity index (χ4v) is 5.62. The van der Waals surface area contributed by atoms with Crippen LogP contribution in [-0.4, -0.2) is 63.0 Å². The summed E-state index contributed by atoms with van der Waals surface area (Å²) in [5.41, 5.74) is 5.78. The minimum atomic E-state index is -0.952. The molecular formula is C32H35Cl2N3O5. The first-order valence-electron chi connectivity index (χ1n) is 13.9. The molecule has 3 aromatic carbocycles. The highest BCUT2D eigenvalue weighted by atomic mass is 35.5. The number of hydrogen-bond acceptors (Lipinski definition) is 7. The van der Waals surface area contributed by atoms with E-state index in [9.17, 15) is 4.79 Å². The van der Waals surface area contributed by atoms with E-state index in [-0.39, 0.29) is 12.0 Å². The van der Waals surface area contributed by atoms with Gasteiger partial charge in [-0.25, -0.2) is 5.01 Å². The van der Waals surface area contributed by atoms with E-state index in [1.54, 1.807) is 18.2 Å². The number of amides is 1. The molecule has 8 nitrogen and oxygen atoms in total. The largest absolute Gasteiger partial charge is 0.491 e. The Balaban J connectivity index is 1.04. The average molecular weight is 613 g/mol. The van der Waals surface area contributed by atoms with Gasteiger partial charge < -0.3 is 23.8 Å². The Labute approximate surface area is 256 Å². The molecule has 2 fully saturated rings. The molecule has 2 saturated heterocycles. The van der Waals surface area contributed by atoms with Crippen molar-refractivity contribution >= 4 is 34.8 Å². The summed E-state index contributed by atoms with van der Waals surface area (Å²) in [4.78, 5) is 14.9. The smallest absolute Gasteiger partial charge is 0.238 e. The van der Waals surface area contributed by atoms with E-state index in [0.29, 0.717) is 36.3 Å². The standard InChI is InChI=1S/C32H35Cl2N3O5/c1-3-17-39-27-6-4-5-23(18-27)19-31(38)35-37-15-13-36(14-16-37)25-8-10-26(11-9-25)40-21-28-22-41-32(2,42-28)29-12-7-24(33)20-30(29)34/h3-12,18,20,28H,1,13-17,19,21-22H2,2H3,(H,35,38)/t28-,32+/m1/s1. The van der Waals surface area contributed by atoms with Gasteiger partial charge in [-0.15, -0.1) is 0 Å². The van der Waals surface area contributed by atoms with Gasteiger partial charge in [-0.3, -0.25) is 10.2 Å². The highest BCUT2D eigenvalue weighted by Crippen LogP contribution is 2.38. The predicted octanol–water partition coefficient (Wildman–Crippen LogP) is 5.62. The Hall–Kier alpha value is -3.27. The van der Waals surface area contributed by atoms with Gasteiger partial charge in [0.15, 0.2) is 5.79 Å². The maximum atomic E-state index is 12.6. The number of nitrogens with one attached hydrogen (secondary N) is 1. The van der Waals surface area contributed by atoms with Gasteiger partial charge in [0, 0.05) is 42.5 Å². The monoisotopic (exact) mass is 611 g/mol. The van der Waals surface area contributed by atoms with Crippen molar-refractivity contribution in [3.63, 3.8) is 0 Å². The lowest BCUT2D eigenvalue weighted by molar-refractivity contribution is -0.164. The van der Waals surface area contributed by atoms with Crippen LogP contribution in [0.1, 0.15) is 18.1 Å². The van der Waals surface area contributed by atoms with Crippen LogP contribution in [0.25, 0.3) is 0 Å². The van der Waals surface area contributed by atoms with Crippen molar-refractivity contribution in [3.05, 3.63) is 101 Å². The number of hydrogen-bond donors (Lipinski definition) is 1. The number of anilines is 1. The van der Waals surface area contributed by atoms with Crippen LogP contribution in [0.4, 0.5) is 5.69 Å². The van der Waals surface area contributed by atoms with Crippen LogP contribution in [0.15, 0.2) is 79.4 Å². The SMILES string of the molecule is C=CCOc1cccc(CC(=O)NN2CCN(c3ccc(OC[C@@H]4CO[C@](C)(c5ccc(Cl)cc5Cl)O4)cc3)CC2)c1. The van der Waals surface area contributed by atoms with Crippen LogP contribution >= 0.6 is 23.2 Å². The van der Waals surface area contributed by atoms with Gasteiger partial charge in [0.05, 0.1) is 18.1 Å². The maximum absolute atomic E-state index is 12.6. The number of nitrogens with zero attached hydrogens (tertiary/aromatic N) is 2. The molecule has 3 aromatic rings. The second kappa shape index (κ2) is 13.8. The molecule has 0 radical (unpaired) electrons. The summed E-state index contributed by atoms with van der Waals surface area (Å²) < 4.78 is 23.7. The van der Waals surface area contributed by atoms with Gasteiger partial charge in [-0.1, -0.05) is 54.1 Å². The number of carbonyl (C=O) groups is 1. The van der Waals surface area contributed by atoms with Gasteiger partial charge in [-0.05, 0) is 61.0 Å². The van der Waals surface area contributed by atoms with E-state index >= 15 is 0 Å². The topological polar surface area (TPSA) is 72.5 Å². The second-order valence-corrected chi connectivity index (χ2v) is 11.2.